The van der Waals surface area contributed by atoms with Gasteiger partial charge in [-0.15, -0.1) is 0 Å². The third-order valence-electron chi connectivity index (χ3n) is 2.65. The van der Waals surface area contributed by atoms with Gasteiger partial charge in [0, 0.05) is 12.1 Å². The molecular weight excluding hydrogens is 259 g/mol. The van der Waals surface area contributed by atoms with Crippen molar-refractivity contribution < 1.29 is 9.13 Å². The Kier molecular flexibility index (Phi) is 4.45. The lowest BCUT2D eigenvalue weighted by atomic mass is 10.1. The summed E-state index contributed by atoms with van der Waals surface area (Å²) in [5.41, 5.74) is 1.52. The molecule has 6 heteroatoms. The predicted octanol–water partition coefficient (Wildman–Crippen LogP) is 2.82. The minimum Gasteiger partial charge on any atom is -0.464 e. The van der Waals surface area contributed by atoms with Crippen molar-refractivity contribution in [2.45, 2.75) is 20.8 Å². The fraction of sp³-hybridized carbons (Fsp3) is 0.357. The first-order valence-electron chi connectivity index (χ1n) is 6.53. The second kappa shape index (κ2) is 6.27. The van der Waals surface area contributed by atoms with Crippen LogP contribution >= 0.6 is 0 Å². The number of rotatable bonds is 5. The van der Waals surface area contributed by atoms with Gasteiger partial charge in [-0.1, -0.05) is 0 Å². The van der Waals surface area contributed by atoms with E-state index in [2.05, 4.69) is 20.3 Å². The monoisotopic (exact) mass is 276 g/mol. The second-order valence-corrected chi connectivity index (χ2v) is 4.19. The number of anilines is 1. The van der Waals surface area contributed by atoms with Crippen LogP contribution < -0.4 is 10.1 Å². The van der Waals surface area contributed by atoms with E-state index in [-0.39, 0.29) is 11.8 Å². The zero-order valence-electron chi connectivity index (χ0n) is 11.8. The van der Waals surface area contributed by atoms with Crippen LogP contribution in [0.5, 0.6) is 6.01 Å². The van der Waals surface area contributed by atoms with E-state index in [9.17, 15) is 4.39 Å². The van der Waals surface area contributed by atoms with E-state index >= 15 is 0 Å². The van der Waals surface area contributed by atoms with Crippen molar-refractivity contribution >= 4 is 5.95 Å². The highest BCUT2D eigenvalue weighted by Crippen LogP contribution is 2.23. The minimum atomic E-state index is -0.280. The topological polar surface area (TPSA) is 59.9 Å². The standard InChI is InChI=1S/C14H17FN4O/c1-4-16-13-17-12(18-14(19-13)20-5-2)11-7-6-10(15)8-9(11)3/h6-8H,4-5H2,1-3H3,(H,16,17,18,19). The van der Waals surface area contributed by atoms with E-state index in [0.717, 1.165) is 11.1 Å². The van der Waals surface area contributed by atoms with Gasteiger partial charge in [0.2, 0.25) is 5.95 Å². The quantitative estimate of drug-likeness (QED) is 0.910. The van der Waals surface area contributed by atoms with Crippen LogP contribution in [0.3, 0.4) is 0 Å². The van der Waals surface area contributed by atoms with Gasteiger partial charge in [-0.05, 0) is 44.5 Å². The molecule has 0 aliphatic heterocycles. The van der Waals surface area contributed by atoms with Crippen molar-refractivity contribution in [3.8, 4) is 17.4 Å². The number of hydrogen-bond donors (Lipinski definition) is 1. The molecule has 0 fully saturated rings. The first-order valence-corrected chi connectivity index (χ1v) is 6.53. The molecular formula is C14H17FN4O. The van der Waals surface area contributed by atoms with E-state index in [0.29, 0.717) is 24.9 Å². The molecule has 0 saturated heterocycles. The van der Waals surface area contributed by atoms with Gasteiger partial charge < -0.3 is 10.1 Å². The van der Waals surface area contributed by atoms with Crippen molar-refractivity contribution in [3.05, 3.63) is 29.6 Å². The van der Waals surface area contributed by atoms with E-state index < -0.39 is 0 Å². The highest BCUT2D eigenvalue weighted by atomic mass is 19.1. The molecule has 1 heterocycles. The van der Waals surface area contributed by atoms with Crippen LogP contribution in [0.25, 0.3) is 11.4 Å². The van der Waals surface area contributed by atoms with Crippen LogP contribution in [0, 0.1) is 12.7 Å². The third kappa shape index (κ3) is 3.20. The van der Waals surface area contributed by atoms with Crippen LogP contribution in [0.1, 0.15) is 19.4 Å². The van der Waals surface area contributed by atoms with Gasteiger partial charge in [-0.25, -0.2) is 4.39 Å². The van der Waals surface area contributed by atoms with Crippen LogP contribution in [-0.4, -0.2) is 28.1 Å². The molecule has 0 amide bonds. The summed E-state index contributed by atoms with van der Waals surface area (Å²) in [5.74, 6) is 0.638. The fourth-order valence-electron chi connectivity index (χ4n) is 1.79. The maximum Gasteiger partial charge on any atom is 0.321 e. The summed E-state index contributed by atoms with van der Waals surface area (Å²) in [6.45, 7) is 6.79. The number of aromatic nitrogens is 3. The molecule has 0 aliphatic carbocycles. The fourth-order valence-corrected chi connectivity index (χ4v) is 1.79. The number of benzene rings is 1. The Morgan fingerprint density at radius 3 is 2.65 bits per heavy atom. The summed E-state index contributed by atoms with van der Waals surface area (Å²) in [6, 6.07) is 4.76. The first-order chi connectivity index (χ1) is 9.63. The highest BCUT2D eigenvalue weighted by Gasteiger charge is 2.11. The Morgan fingerprint density at radius 1 is 1.20 bits per heavy atom. The number of halogens is 1. The molecule has 0 atom stereocenters. The van der Waals surface area contributed by atoms with E-state index in [4.69, 9.17) is 4.74 Å². The molecule has 0 spiro atoms. The summed E-state index contributed by atoms with van der Waals surface area (Å²) in [5, 5.41) is 3.03. The van der Waals surface area contributed by atoms with Crippen molar-refractivity contribution in [3.63, 3.8) is 0 Å². The lowest BCUT2D eigenvalue weighted by Gasteiger charge is -2.09. The summed E-state index contributed by atoms with van der Waals surface area (Å²) in [4.78, 5) is 12.7. The lowest BCUT2D eigenvalue weighted by Crippen LogP contribution is -2.08. The maximum atomic E-state index is 13.2. The van der Waals surface area contributed by atoms with Crippen LogP contribution in [0.4, 0.5) is 10.3 Å². The van der Waals surface area contributed by atoms with Crippen molar-refractivity contribution in [2.24, 2.45) is 0 Å². The van der Waals surface area contributed by atoms with Gasteiger partial charge in [0.05, 0.1) is 6.61 Å². The predicted molar refractivity (Wildman–Crippen MR) is 75.3 cm³/mol. The molecule has 5 nitrogen and oxygen atoms in total. The van der Waals surface area contributed by atoms with Crippen LogP contribution in [0.2, 0.25) is 0 Å². The van der Waals surface area contributed by atoms with Crippen LogP contribution in [-0.2, 0) is 0 Å². The Hall–Kier alpha value is -2.24. The third-order valence-corrected chi connectivity index (χ3v) is 2.65. The van der Waals surface area contributed by atoms with Crippen molar-refractivity contribution in [1.29, 1.82) is 0 Å². The second-order valence-electron chi connectivity index (χ2n) is 4.19. The molecule has 2 aromatic rings. The summed E-state index contributed by atoms with van der Waals surface area (Å²) < 4.78 is 18.5. The molecule has 0 bridgehead atoms. The largest absolute Gasteiger partial charge is 0.464 e. The molecule has 1 aromatic carbocycles. The van der Waals surface area contributed by atoms with Gasteiger partial charge in [-0.2, -0.15) is 15.0 Å². The molecule has 1 N–H and O–H groups in total. The molecule has 0 radical (unpaired) electrons. The van der Waals surface area contributed by atoms with Gasteiger partial charge in [-0.3, -0.25) is 0 Å². The van der Waals surface area contributed by atoms with E-state index in [1.807, 2.05) is 20.8 Å². The Bertz CT molecular complexity index is 579. The number of ether oxygens (including phenoxy) is 1. The smallest absolute Gasteiger partial charge is 0.321 e. The van der Waals surface area contributed by atoms with Crippen molar-refractivity contribution in [1.82, 2.24) is 15.0 Å². The molecule has 0 saturated carbocycles. The summed E-state index contributed by atoms with van der Waals surface area (Å²) in [6.07, 6.45) is 0. The average molecular weight is 276 g/mol. The molecule has 20 heavy (non-hydrogen) atoms. The number of hydrogen-bond acceptors (Lipinski definition) is 5. The maximum absolute atomic E-state index is 13.2. The molecule has 106 valence electrons. The number of aryl methyl sites for hydroxylation is 1. The lowest BCUT2D eigenvalue weighted by molar-refractivity contribution is 0.312. The van der Waals surface area contributed by atoms with E-state index in [1.165, 1.54) is 12.1 Å². The Balaban J connectivity index is 2.48. The molecule has 0 unspecified atom stereocenters. The Morgan fingerprint density at radius 2 is 2.00 bits per heavy atom. The van der Waals surface area contributed by atoms with Gasteiger partial charge in [0.15, 0.2) is 5.82 Å². The van der Waals surface area contributed by atoms with Gasteiger partial charge in [0.25, 0.3) is 0 Å². The zero-order chi connectivity index (χ0) is 14.5. The summed E-state index contributed by atoms with van der Waals surface area (Å²) >= 11 is 0. The van der Waals surface area contributed by atoms with Crippen LogP contribution in [0.15, 0.2) is 18.2 Å². The number of nitrogens with one attached hydrogen (secondary N) is 1. The molecule has 2 rings (SSSR count). The van der Waals surface area contributed by atoms with E-state index in [1.54, 1.807) is 6.07 Å². The SMILES string of the molecule is CCNc1nc(OCC)nc(-c2ccc(F)cc2C)n1. The Labute approximate surface area is 117 Å². The zero-order valence-corrected chi connectivity index (χ0v) is 11.8. The number of nitrogens with zero attached hydrogens (tertiary/aromatic N) is 3. The van der Waals surface area contributed by atoms with Gasteiger partial charge in [0.1, 0.15) is 5.82 Å². The minimum absolute atomic E-state index is 0.261. The average Bonchev–Trinajstić information content (AvgIpc) is 2.39. The molecule has 1 aromatic heterocycles. The highest BCUT2D eigenvalue weighted by molar-refractivity contribution is 5.61. The normalized spacial score (nSPS) is 10.4. The first kappa shape index (κ1) is 14.2. The van der Waals surface area contributed by atoms with Gasteiger partial charge >= 0.3 is 6.01 Å². The molecule has 0 aliphatic rings. The van der Waals surface area contributed by atoms with Crippen molar-refractivity contribution in [2.75, 3.05) is 18.5 Å². The summed E-state index contributed by atoms with van der Waals surface area (Å²) in [7, 11) is 0.